The minimum atomic E-state index is -4.51. The zero-order valence-electron chi connectivity index (χ0n) is 22.6. The molecule has 0 radical (unpaired) electrons. The summed E-state index contributed by atoms with van der Waals surface area (Å²) in [5, 5.41) is 2.54. The second-order valence-corrected chi connectivity index (χ2v) is 13.5. The lowest BCUT2D eigenvalue weighted by Gasteiger charge is -2.76. The molecule has 3 aliphatic carbocycles. The Labute approximate surface area is 224 Å². The molecule has 0 spiro atoms. The van der Waals surface area contributed by atoms with Crippen molar-refractivity contribution < 1.29 is 41.0 Å². The minimum Gasteiger partial charge on any atom is -0.458 e. The van der Waals surface area contributed by atoms with Gasteiger partial charge in [0.05, 0.1) is 11.0 Å². The highest BCUT2D eigenvalue weighted by atomic mass is 32.2. The van der Waals surface area contributed by atoms with Gasteiger partial charge >= 0.3 is 18.2 Å². The number of nitrogens with one attached hydrogen (secondary N) is 1. The highest BCUT2D eigenvalue weighted by molar-refractivity contribution is 7.99. The number of amides is 1. The highest BCUT2D eigenvalue weighted by Crippen LogP contribution is 2.83. The van der Waals surface area contributed by atoms with E-state index in [0.717, 1.165) is 12.1 Å². The Balaban J connectivity index is 1.51. The third kappa shape index (κ3) is 6.23. The number of carbonyl (C=O) groups excluding carboxylic acids is 2. The first-order chi connectivity index (χ1) is 17.2. The smallest absolute Gasteiger partial charge is 0.416 e. The maximum Gasteiger partial charge on any atom is 0.416 e. The maximum atomic E-state index is 15.1. The summed E-state index contributed by atoms with van der Waals surface area (Å²) in [5.41, 5.74) is -4.64. The molecule has 11 heteroatoms. The number of esters is 1. The minimum absolute atomic E-state index is 0.234. The number of carbonyl (C=O) groups is 2. The molecule has 38 heavy (non-hydrogen) atoms. The Kier molecular flexibility index (Phi) is 8.16. The first kappa shape index (κ1) is 30.5. The number of rotatable bonds is 9. The summed E-state index contributed by atoms with van der Waals surface area (Å²) in [6.07, 6.45) is -4.30. The van der Waals surface area contributed by atoms with Gasteiger partial charge in [-0.15, -0.1) is 0 Å². The number of ether oxygens (including phenoxy) is 2. The van der Waals surface area contributed by atoms with Crippen LogP contribution in [0.15, 0.2) is 24.3 Å². The van der Waals surface area contributed by atoms with Crippen LogP contribution < -0.4 is 5.32 Å². The van der Waals surface area contributed by atoms with Gasteiger partial charge in [-0.05, 0) is 96.4 Å². The molecule has 0 heterocycles. The zero-order chi connectivity index (χ0) is 28.8. The number of hydrogen-bond donors (Lipinski definition) is 1. The standard InChI is InChI=1S/C27H36F5NO4S/c1-22(2,3)36-20(34)19(33-21(35)37-23(4,5)6)11-13-38-14-12-24-15-25(16-24,27(24,31)32)17-7-9-18(10-8-17)26(28,29)30/h7-10,19H,11-16H2,1-6H3,(H,33,35)/t19-,24?,25?/m0/s1. The van der Waals surface area contributed by atoms with Crippen LogP contribution in [0.25, 0.3) is 0 Å². The lowest BCUT2D eigenvalue weighted by atomic mass is 9.30. The lowest BCUT2D eigenvalue weighted by Crippen LogP contribution is -2.81. The number of hydrogen-bond acceptors (Lipinski definition) is 5. The Bertz CT molecular complexity index is 1020. The summed E-state index contributed by atoms with van der Waals surface area (Å²) < 4.78 is 79.4. The number of alkyl halides is 5. The summed E-state index contributed by atoms with van der Waals surface area (Å²) >= 11 is 1.40. The van der Waals surface area contributed by atoms with Gasteiger partial charge in [0, 0.05) is 5.41 Å². The summed E-state index contributed by atoms with van der Waals surface area (Å²) in [6.45, 7) is 10.2. The highest BCUT2D eigenvalue weighted by Gasteiger charge is 2.87. The average Bonchev–Trinajstić information content (AvgIpc) is 2.71. The van der Waals surface area contributed by atoms with Gasteiger partial charge in [0.1, 0.15) is 17.2 Å². The van der Waals surface area contributed by atoms with E-state index < -0.39 is 57.8 Å². The van der Waals surface area contributed by atoms with E-state index in [1.54, 1.807) is 41.5 Å². The van der Waals surface area contributed by atoms with Crippen molar-refractivity contribution in [2.45, 2.75) is 102 Å². The Hall–Kier alpha value is -2.04. The van der Waals surface area contributed by atoms with Crippen molar-refractivity contribution in [2.24, 2.45) is 5.41 Å². The van der Waals surface area contributed by atoms with Gasteiger partial charge in [-0.25, -0.2) is 18.4 Å². The van der Waals surface area contributed by atoms with Gasteiger partial charge < -0.3 is 14.8 Å². The van der Waals surface area contributed by atoms with Crippen LogP contribution in [0.1, 0.15) is 78.4 Å². The lowest BCUT2D eigenvalue weighted by molar-refractivity contribution is -0.371. The van der Waals surface area contributed by atoms with E-state index in [9.17, 15) is 22.8 Å². The zero-order valence-corrected chi connectivity index (χ0v) is 23.4. The van der Waals surface area contributed by atoms with Crippen molar-refractivity contribution in [1.29, 1.82) is 0 Å². The molecular weight excluding hydrogens is 529 g/mol. The number of benzene rings is 1. The van der Waals surface area contributed by atoms with Crippen LogP contribution in [-0.2, 0) is 25.9 Å². The molecule has 1 atom stereocenters. The van der Waals surface area contributed by atoms with Crippen LogP contribution in [0.3, 0.4) is 0 Å². The fourth-order valence-electron chi connectivity index (χ4n) is 5.18. The Morgan fingerprint density at radius 1 is 0.947 bits per heavy atom. The van der Waals surface area contributed by atoms with Crippen LogP contribution in [0.5, 0.6) is 0 Å². The van der Waals surface area contributed by atoms with E-state index in [1.165, 1.54) is 23.9 Å². The molecule has 3 fully saturated rings. The number of thioether (sulfide) groups is 1. The monoisotopic (exact) mass is 565 g/mol. The second kappa shape index (κ2) is 10.2. The van der Waals surface area contributed by atoms with Gasteiger partial charge in [-0.2, -0.15) is 24.9 Å². The van der Waals surface area contributed by atoms with E-state index in [1.807, 2.05) is 0 Å². The Morgan fingerprint density at radius 2 is 1.50 bits per heavy atom. The molecule has 1 aromatic carbocycles. The SMILES string of the molecule is CC(C)(C)OC(=O)N[C@@H](CCSCCC12CC(c3ccc(C(F)(F)F)cc3)(C1)C2(F)F)C(=O)OC(C)(C)C. The molecule has 2 bridgehead atoms. The molecule has 1 N–H and O–H groups in total. The summed E-state index contributed by atoms with van der Waals surface area (Å²) in [7, 11) is 0. The van der Waals surface area contributed by atoms with E-state index in [2.05, 4.69) is 5.32 Å². The molecule has 5 nitrogen and oxygen atoms in total. The average molecular weight is 566 g/mol. The predicted octanol–water partition coefficient (Wildman–Crippen LogP) is 7.12. The molecule has 3 aliphatic rings. The molecule has 1 aromatic rings. The van der Waals surface area contributed by atoms with Crippen molar-refractivity contribution in [3.63, 3.8) is 0 Å². The molecule has 214 valence electrons. The van der Waals surface area contributed by atoms with Gasteiger partial charge in [0.15, 0.2) is 0 Å². The molecule has 0 unspecified atom stereocenters. The number of alkyl carbamates (subject to hydrolysis) is 1. The first-order valence-corrected chi connectivity index (χ1v) is 13.7. The molecule has 1 amide bonds. The van der Waals surface area contributed by atoms with Crippen molar-refractivity contribution >= 4 is 23.8 Å². The largest absolute Gasteiger partial charge is 0.458 e. The molecule has 0 saturated heterocycles. The van der Waals surface area contributed by atoms with Crippen molar-refractivity contribution in [1.82, 2.24) is 5.32 Å². The van der Waals surface area contributed by atoms with E-state index >= 15 is 8.78 Å². The van der Waals surface area contributed by atoms with E-state index in [4.69, 9.17) is 9.47 Å². The van der Waals surface area contributed by atoms with E-state index in [0.29, 0.717) is 11.5 Å². The van der Waals surface area contributed by atoms with Gasteiger partial charge in [-0.1, -0.05) is 12.1 Å². The Morgan fingerprint density at radius 3 is 1.97 bits per heavy atom. The topological polar surface area (TPSA) is 64.6 Å². The van der Waals surface area contributed by atoms with Crippen molar-refractivity contribution in [3.8, 4) is 0 Å². The fraction of sp³-hybridized carbons (Fsp3) is 0.704. The van der Waals surface area contributed by atoms with Crippen LogP contribution in [0, 0.1) is 5.41 Å². The molecule has 0 aromatic heterocycles. The summed E-state index contributed by atoms with van der Waals surface area (Å²) in [5.74, 6) is -2.75. The fourth-order valence-corrected chi connectivity index (χ4v) is 6.32. The summed E-state index contributed by atoms with van der Waals surface area (Å²) in [6, 6.07) is 3.11. The first-order valence-electron chi connectivity index (χ1n) is 12.6. The predicted molar refractivity (Wildman–Crippen MR) is 135 cm³/mol. The van der Waals surface area contributed by atoms with Gasteiger partial charge in [0.2, 0.25) is 0 Å². The van der Waals surface area contributed by atoms with Gasteiger partial charge in [-0.3, -0.25) is 0 Å². The summed E-state index contributed by atoms with van der Waals surface area (Å²) in [4.78, 5) is 24.8. The maximum absolute atomic E-state index is 15.1. The third-order valence-corrected chi connectivity index (χ3v) is 7.99. The third-order valence-electron chi connectivity index (χ3n) is 6.97. The van der Waals surface area contributed by atoms with Crippen LogP contribution in [0.4, 0.5) is 26.7 Å². The second-order valence-electron chi connectivity index (χ2n) is 12.2. The molecule has 4 rings (SSSR count). The van der Waals surface area contributed by atoms with Crippen molar-refractivity contribution in [3.05, 3.63) is 35.4 Å². The molecule has 0 aliphatic heterocycles. The van der Waals surface area contributed by atoms with Crippen molar-refractivity contribution in [2.75, 3.05) is 11.5 Å². The van der Waals surface area contributed by atoms with Gasteiger partial charge in [0.25, 0.3) is 5.92 Å². The van der Waals surface area contributed by atoms with Crippen LogP contribution in [0.2, 0.25) is 0 Å². The normalized spacial score (nSPS) is 25.0. The number of halogens is 5. The van der Waals surface area contributed by atoms with Crippen LogP contribution in [-0.4, -0.2) is 46.7 Å². The van der Waals surface area contributed by atoms with Crippen LogP contribution >= 0.6 is 11.8 Å². The molecule has 3 saturated carbocycles. The molecular formula is C27H36F5NO4S. The quantitative estimate of drug-likeness (QED) is 0.196. The van der Waals surface area contributed by atoms with E-state index in [-0.39, 0.29) is 31.2 Å².